The summed E-state index contributed by atoms with van der Waals surface area (Å²) in [7, 11) is 0. The van der Waals surface area contributed by atoms with Crippen LogP contribution in [0.15, 0.2) is 4.99 Å². The van der Waals surface area contributed by atoms with Gasteiger partial charge in [0.2, 0.25) is 0 Å². The van der Waals surface area contributed by atoms with Crippen molar-refractivity contribution >= 4 is 5.90 Å². The highest BCUT2D eigenvalue weighted by molar-refractivity contribution is 5.75. The van der Waals surface area contributed by atoms with Gasteiger partial charge in [-0.15, -0.1) is 0 Å². The molecule has 0 aromatic heterocycles. The first-order valence-electron chi connectivity index (χ1n) is 10.3. The number of aliphatic imine (C=N–C) groups is 1. The van der Waals surface area contributed by atoms with E-state index in [1.54, 1.807) is 0 Å². The summed E-state index contributed by atoms with van der Waals surface area (Å²) in [6.07, 6.45) is 18.7. The van der Waals surface area contributed by atoms with Crippen molar-refractivity contribution in [3.05, 3.63) is 0 Å². The molecule has 0 aromatic carbocycles. The van der Waals surface area contributed by atoms with Crippen LogP contribution in [-0.2, 0) is 4.74 Å². The number of nitrogens with zero attached hydrogens (tertiary/aromatic N) is 2. The lowest BCUT2D eigenvalue weighted by atomic mass is 9.82. The maximum absolute atomic E-state index is 5.92. The third-order valence-electron chi connectivity index (χ3n) is 6.81. The second kappa shape index (κ2) is 7.13. The van der Waals surface area contributed by atoms with E-state index in [4.69, 9.17) is 9.73 Å². The van der Waals surface area contributed by atoms with Crippen LogP contribution >= 0.6 is 0 Å². The van der Waals surface area contributed by atoms with Gasteiger partial charge in [0.05, 0.1) is 6.04 Å². The van der Waals surface area contributed by atoms with Crippen LogP contribution in [0.4, 0.5) is 0 Å². The SMILES string of the molecule is CC1=NC2CC(N(C3CCCCC3)C3CCCCC3)CCC2O1. The largest absolute Gasteiger partial charge is 0.476 e. The Morgan fingerprint density at radius 2 is 1.39 bits per heavy atom. The fourth-order valence-corrected chi connectivity index (χ4v) is 5.78. The van der Waals surface area contributed by atoms with E-state index in [1.165, 1.54) is 83.5 Å². The molecule has 3 heteroatoms. The average Bonchev–Trinajstić information content (AvgIpc) is 2.96. The standard InChI is InChI=1S/C20H34N2O/c1-15-21-19-14-18(12-13-20(19)23-15)22(16-8-4-2-5-9-16)17-10-6-3-7-11-17/h16-20H,2-14H2,1H3. The topological polar surface area (TPSA) is 24.8 Å². The summed E-state index contributed by atoms with van der Waals surface area (Å²) in [6.45, 7) is 2.04. The highest BCUT2D eigenvalue weighted by atomic mass is 16.5. The second-order valence-corrected chi connectivity index (χ2v) is 8.37. The van der Waals surface area contributed by atoms with E-state index in [0.29, 0.717) is 12.1 Å². The van der Waals surface area contributed by atoms with Crippen LogP contribution < -0.4 is 0 Å². The lowest BCUT2D eigenvalue weighted by Crippen LogP contribution is -2.54. The predicted molar refractivity (Wildman–Crippen MR) is 95.0 cm³/mol. The third kappa shape index (κ3) is 3.45. The molecule has 0 saturated heterocycles. The lowest BCUT2D eigenvalue weighted by Gasteiger charge is -2.48. The number of hydrogen-bond donors (Lipinski definition) is 0. The minimum absolute atomic E-state index is 0.394. The zero-order chi connectivity index (χ0) is 15.6. The first kappa shape index (κ1) is 15.9. The molecule has 4 aliphatic rings. The Balaban J connectivity index is 1.49. The summed E-state index contributed by atoms with van der Waals surface area (Å²) in [6, 6.07) is 2.94. The van der Waals surface area contributed by atoms with Crippen molar-refractivity contribution in [2.45, 2.75) is 121 Å². The molecule has 3 unspecified atom stereocenters. The van der Waals surface area contributed by atoms with Gasteiger partial charge < -0.3 is 4.74 Å². The van der Waals surface area contributed by atoms with Gasteiger partial charge in [0.1, 0.15) is 6.10 Å². The quantitative estimate of drug-likeness (QED) is 0.754. The average molecular weight is 319 g/mol. The normalized spacial score (nSPS) is 36.6. The van der Waals surface area contributed by atoms with Gasteiger partial charge in [0, 0.05) is 25.0 Å². The summed E-state index contributed by atoms with van der Waals surface area (Å²) < 4.78 is 5.92. The van der Waals surface area contributed by atoms with Gasteiger partial charge in [-0.05, 0) is 44.9 Å². The van der Waals surface area contributed by atoms with Gasteiger partial charge in [-0.25, -0.2) is 4.99 Å². The van der Waals surface area contributed by atoms with E-state index in [9.17, 15) is 0 Å². The first-order valence-corrected chi connectivity index (χ1v) is 10.3. The molecule has 3 fully saturated rings. The first-order chi connectivity index (χ1) is 11.3. The molecule has 3 aliphatic carbocycles. The number of rotatable bonds is 3. The smallest absolute Gasteiger partial charge is 0.180 e. The molecular weight excluding hydrogens is 284 g/mol. The summed E-state index contributed by atoms with van der Waals surface area (Å²) in [5.41, 5.74) is 0. The Morgan fingerprint density at radius 1 is 0.783 bits per heavy atom. The number of hydrogen-bond acceptors (Lipinski definition) is 3. The zero-order valence-corrected chi connectivity index (χ0v) is 14.9. The molecule has 0 radical (unpaired) electrons. The molecule has 3 atom stereocenters. The monoisotopic (exact) mass is 318 g/mol. The van der Waals surface area contributed by atoms with Crippen molar-refractivity contribution in [2.24, 2.45) is 4.99 Å². The van der Waals surface area contributed by atoms with Crippen LogP contribution in [0.5, 0.6) is 0 Å². The molecular formula is C20H34N2O. The van der Waals surface area contributed by atoms with Gasteiger partial charge in [-0.3, -0.25) is 4.90 Å². The van der Waals surface area contributed by atoms with E-state index in [1.807, 2.05) is 6.92 Å². The van der Waals surface area contributed by atoms with E-state index >= 15 is 0 Å². The highest BCUT2D eigenvalue weighted by Crippen LogP contribution is 2.38. The molecule has 0 N–H and O–H groups in total. The maximum Gasteiger partial charge on any atom is 0.180 e. The van der Waals surface area contributed by atoms with E-state index in [0.717, 1.165) is 24.0 Å². The summed E-state index contributed by atoms with van der Waals surface area (Å²) in [4.78, 5) is 7.83. The molecule has 0 amide bonds. The molecule has 0 aromatic rings. The Labute approximate surface area is 141 Å². The molecule has 1 aliphatic heterocycles. The van der Waals surface area contributed by atoms with Crippen LogP contribution in [0.3, 0.4) is 0 Å². The summed E-state index contributed by atoms with van der Waals surface area (Å²) in [5, 5.41) is 0. The summed E-state index contributed by atoms with van der Waals surface area (Å²) in [5.74, 6) is 0.933. The van der Waals surface area contributed by atoms with Crippen LogP contribution in [0.25, 0.3) is 0 Å². The van der Waals surface area contributed by atoms with Crippen molar-refractivity contribution in [3.63, 3.8) is 0 Å². The minimum atomic E-state index is 0.394. The van der Waals surface area contributed by atoms with E-state index < -0.39 is 0 Å². The van der Waals surface area contributed by atoms with Gasteiger partial charge in [-0.2, -0.15) is 0 Å². The molecule has 0 bridgehead atoms. The Kier molecular flexibility index (Phi) is 4.93. The van der Waals surface area contributed by atoms with Gasteiger partial charge in [0.15, 0.2) is 5.90 Å². The Hall–Kier alpha value is -0.570. The van der Waals surface area contributed by atoms with E-state index in [-0.39, 0.29) is 0 Å². The molecule has 3 saturated carbocycles. The Bertz CT molecular complexity index is 405. The van der Waals surface area contributed by atoms with E-state index in [2.05, 4.69) is 4.90 Å². The van der Waals surface area contributed by atoms with Crippen molar-refractivity contribution in [1.29, 1.82) is 0 Å². The van der Waals surface area contributed by atoms with Crippen LogP contribution in [-0.4, -0.2) is 41.1 Å². The molecule has 130 valence electrons. The second-order valence-electron chi connectivity index (χ2n) is 8.37. The van der Waals surface area contributed by atoms with Crippen molar-refractivity contribution in [2.75, 3.05) is 0 Å². The van der Waals surface area contributed by atoms with Crippen LogP contribution in [0.1, 0.15) is 90.4 Å². The van der Waals surface area contributed by atoms with Crippen LogP contribution in [0, 0.1) is 0 Å². The number of ether oxygens (including phenoxy) is 1. The highest BCUT2D eigenvalue weighted by Gasteiger charge is 2.41. The third-order valence-corrected chi connectivity index (χ3v) is 6.81. The minimum Gasteiger partial charge on any atom is -0.476 e. The fraction of sp³-hybridized carbons (Fsp3) is 0.950. The fourth-order valence-electron chi connectivity index (χ4n) is 5.78. The maximum atomic E-state index is 5.92. The van der Waals surface area contributed by atoms with Crippen molar-refractivity contribution in [1.82, 2.24) is 4.90 Å². The summed E-state index contributed by atoms with van der Waals surface area (Å²) >= 11 is 0. The van der Waals surface area contributed by atoms with Gasteiger partial charge >= 0.3 is 0 Å². The lowest BCUT2D eigenvalue weighted by molar-refractivity contribution is 0.00268. The predicted octanol–water partition coefficient (Wildman–Crippen LogP) is 4.69. The zero-order valence-electron chi connectivity index (χ0n) is 14.9. The molecule has 0 spiro atoms. The Morgan fingerprint density at radius 3 is 2.00 bits per heavy atom. The van der Waals surface area contributed by atoms with Gasteiger partial charge in [0.25, 0.3) is 0 Å². The van der Waals surface area contributed by atoms with Crippen molar-refractivity contribution < 1.29 is 4.74 Å². The number of fused-ring (bicyclic) bond motifs is 1. The molecule has 4 rings (SSSR count). The van der Waals surface area contributed by atoms with Crippen LogP contribution in [0.2, 0.25) is 0 Å². The molecule has 1 heterocycles. The molecule has 23 heavy (non-hydrogen) atoms. The van der Waals surface area contributed by atoms with Crippen molar-refractivity contribution in [3.8, 4) is 0 Å². The van der Waals surface area contributed by atoms with Gasteiger partial charge in [-0.1, -0.05) is 38.5 Å². The molecule has 3 nitrogen and oxygen atoms in total.